The molecule has 1 aliphatic heterocycles. The second kappa shape index (κ2) is 6.20. The Hall–Kier alpha value is -0.970. The van der Waals surface area contributed by atoms with Crippen molar-refractivity contribution in [3.05, 3.63) is 35.6 Å². The summed E-state index contributed by atoms with van der Waals surface area (Å²) < 4.78 is 13.7. The zero-order valence-electron chi connectivity index (χ0n) is 12.0. The van der Waals surface area contributed by atoms with Gasteiger partial charge in [0.2, 0.25) is 0 Å². The number of rotatable bonds is 5. The summed E-state index contributed by atoms with van der Waals surface area (Å²) in [4.78, 5) is 4.92. The van der Waals surface area contributed by atoms with Crippen molar-refractivity contribution in [2.45, 2.75) is 18.9 Å². The van der Waals surface area contributed by atoms with E-state index in [0.29, 0.717) is 5.56 Å². The number of nitrogens with two attached hydrogens (primary N) is 1. The molecule has 1 saturated carbocycles. The lowest BCUT2D eigenvalue weighted by Crippen LogP contribution is -2.48. The third kappa shape index (κ3) is 3.57. The van der Waals surface area contributed by atoms with Crippen LogP contribution < -0.4 is 5.73 Å². The van der Waals surface area contributed by atoms with E-state index in [0.717, 1.165) is 38.6 Å². The van der Waals surface area contributed by atoms with E-state index < -0.39 is 0 Å². The quantitative estimate of drug-likeness (QED) is 0.891. The Kier molecular flexibility index (Phi) is 4.34. The van der Waals surface area contributed by atoms with E-state index in [1.54, 1.807) is 12.1 Å². The molecule has 1 heterocycles. The highest BCUT2D eigenvalue weighted by atomic mass is 19.1. The minimum Gasteiger partial charge on any atom is -0.323 e. The van der Waals surface area contributed by atoms with Crippen LogP contribution in [-0.2, 0) is 0 Å². The summed E-state index contributed by atoms with van der Waals surface area (Å²) in [5.74, 6) is 0.773. The molecule has 1 aromatic carbocycles. The summed E-state index contributed by atoms with van der Waals surface area (Å²) in [6.45, 7) is 6.37. The van der Waals surface area contributed by atoms with Gasteiger partial charge in [0.05, 0.1) is 0 Å². The molecule has 0 amide bonds. The predicted molar refractivity (Wildman–Crippen MR) is 78.9 cm³/mol. The molecule has 20 heavy (non-hydrogen) atoms. The summed E-state index contributed by atoms with van der Waals surface area (Å²) in [6, 6.07) is 6.62. The van der Waals surface area contributed by atoms with E-state index in [9.17, 15) is 4.39 Å². The summed E-state index contributed by atoms with van der Waals surface area (Å²) in [6.07, 6.45) is 2.83. The van der Waals surface area contributed by atoms with Gasteiger partial charge in [-0.05, 0) is 24.8 Å². The summed E-state index contributed by atoms with van der Waals surface area (Å²) in [5.41, 5.74) is 6.79. The zero-order chi connectivity index (χ0) is 13.9. The lowest BCUT2D eigenvalue weighted by atomic mass is 10.1. The largest absolute Gasteiger partial charge is 0.323 e. The Labute approximate surface area is 120 Å². The van der Waals surface area contributed by atoms with Crippen LogP contribution in [0.3, 0.4) is 0 Å². The molecule has 2 fully saturated rings. The molecule has 0 radical (unpaired) electrons. The first kappa shape index (κ1) is 14.0. The molecular formula is C16H24FN3. The Morgan fingerprint density at radius 3 is 2.40 bits per heavy atom. The molecule has 2 aliphatic rings. The van der Waals surface area contributed by atoms with Crippen molar-refractivity contribution in [3.8, 4) is 0 Å². The monoisotopic (exact) mass is 277 g/mol. The van der Waals surface area contributed by atoms with Crippen LogP contribution in [0.5, 0.6) is 0 Å². The Morgan fingerprint density at radius 1 is 1.10 bits per heavy atom. The van der Waals surface area contributed by atoms with Crippen molar-refractivity contribution in [1.82, 2.24) is 9.80 Å². The standard InChI is InChI=1S/C16H24FN3/c17-15-4-2-1-3-14(15)16(18)12-20-9-7-19(8-10-20)11-13-5-6-13/h1-4,13,16H,5-12,18H2. The van der Waals surface area contributed by atoms with Gasteiger partial charge in [-0.2, -0.15) is 0 Å². The van der Waals surface area contributed by atoms with Gasteiger partial charge >= 0.3 is 0 Å². The van der Waals surface area contributed by atoms with Crippen molar-refractivity contribution < 1.29 is 4.39 Å². The molecule has 0 aromatic heterocycles. The number of piperazine rings is 1. The molecule has 110 valence electrons. The molecule has 3 nitrogen and oxygen atoms in total. The van der Waals surface area contributed by atoms with Gasteiger partial charge in [0.15, 0.2) is 0 Å². The summed E-state index contributed by atoms with van der Waals surface area (Å²) in [7, 11) is 0. The minimum absolute atomic E-state index is 0.188. The molecule has 0 spiro atoms. The first-order valence-electron chi connectivity index (χ1n) is 7.67. The molecule has 2 N–H and O–H groups in total. The average Bonchev–Trinajstić information content (AvgIpc) is 3.25. The molecule has 1 unspecified atom stereocenters. The van der Waals surface area contributed by atoms with Gasteiger partial charge in [-0.15, -0.1) is 0 Å². The fourth-order valence-corrected chi connectivity index (χ4v) is 2.97. The Bertz CT molecular complexity index is 439. The van der Waals surface area contributed by atoms with Crippen LogP contribution in [0, 0.1) is 11.7 Å². The van der Waals surface area contributed by atoms with Gasteiger partial charge in [-0.3, -0.25) is 4.90 Å². The van der Waals surface area contributed by atoms with Crippen molar-refractivity contribution in [3.63, 3.8) is 0 Å². The van der Waals surface area contributed by atoms with Gasteiger partial charge in [-0.1, -0.05) is 18.2 Å². The Morgan fingerprint density at radius 2 is 1.75 bits per heavy atom. The smallest absolute Gasteiger partial charge is 0.128 e. The maximum absolute atomic E-state index is 13.7. The van der Waals surface area contributed by atoms with Crippen LogP contribution in [0.25, 0.3) is 0 Å². The summed E-state index contributed by atoms with van der Waals surface area (Å²) in [5, 5.41) is 0. The third-order valence-corrected chi connectivity index (χ3v) is 4.44. The Balaban J connectivity index is 1.47. The van der Waals surface area contributed by atoms with Crippen LogP contribution in [0.4, 0.5) is 4.39 Å². The minimum atomic E-state index is -0.230. The molecule has 4 heteroatoms. The van der Waals surface area contributed by atoms with Crippen LogP contribution in [-0.4, -0.2) is 49.1 Å². The first-order chi connectivity index (χ1) is 9.72. The van der Waals surface area contributed by atoms with Gasteiger partial charge < -0.3 is 10.6 Å². The van der Waals surface area contributed by atoms with E-state index >= 15 is 0 Å². The van der Waals surface area contributed by atoms with E-state index in [2.05, 4.69) is 9.80 Å². The second-order valence-electron chi connectivity index (χ2n) is 6.17. The highest BCUT2D eigenvalue weighted by Crippen LogP contribution is 2.30. The van der Waals surface area contributed by atoms with Gasteiger partial charge in [0.25, 0.3) is 0 Å². The third-order valence-electron chi connectivity index (χ3n) is 4.44. The number of hydrogen-bond acceptors (Lipinski definition) is 3. The maximum Gasteiger partial charge on any atom is 0.128 e. The fourth-order valence-electron chi connectivity index (χ4n) is 2.97. The average molecular weight is 277 g/mol. The second-order valence-corrected chi connectivity index (χ2v) is 6.17. The molecule has 1 aromatic rings. The van der Waals surface area contributed by atoms with Crippen molar-refractivity contribution >= 4 is 0 Å². The topological polar surface area (TPSA) is 32.5 Å². The molecular weight excluding hydrogens is 253 g/mol. The van der Waals surface area contributed by atoms with Crippen LogP contribution >= 0.6 is 0 Å². The highest BCUT2D eigenvalue weighted by Gasteiger charge is 2.27. The molecule has 1 aliphatic carbocycles. The van der Waals surface area contributed by atoms with Crippen LogP contribution in [0.15, 0.2) is 24.3 Å². The predicted octanol–water partition coefficient (Wildman–Crippen LogP) is 1.85. The van der Waals surface area contributed by atoms with Gasteiger partial charge in [0, 0.05) is 50.9 Å². The molecule has 1 saturated heterocycles. The first-order valence-corrected chi connectivity index (χ1v) is 7.67. The van der Waals surface area contributed by atoms with E-state index in [1.807, 2.05) is 6.07 Å². The molecule has 0 bridgehead atoms. The number of nitrogens with zero attached hydrogens (tertiary/aromatic N) is 2. The molecule has 1 atom stereocenters. The van der Waals surface area contributed by atoms with Crippen molar-refractivity contribution in [1.29, 1.82) is 0 Å². The highest BCUT2D eigenvalue weighted by molar-refractivity contribution is 5.21. The lowest BCUT2D eigenvalue weighted by molar-refractivity contribution is 0.123. The lowest BCUT2D eigenvalue weighted by Gasteiger charge is -2.36. The van der Waals surface area contributed by atoms with E-state index in [-0.39, 0.29) is 11.9 Å². The van der Waals surface area contributed by atoms with E-state index in [4.69, 9.17) is 5.73 Å². The van der Waals surface area contributed by atoms with E-state index in [1.165, 1.54) is 25.5 Å². The van der Waals surface area contributed by atoms with Crippen LogP contribution in [0.1, 0.15) is 24.4 Å². The number of benzene rings is 1. The maximum atomic E-state index is 13.7. The zero-order valence-corrected chi connectivity index (χ0v) is 12.0. The summed E-state index contributed by atoms with van der Waals surface area (Å²) >= 11 is 0. The van der Waals surface area contributed by atoms with Crippen molar-refractivity contribution in [2.24, 2.45) is 11.7 Å². The molecule has 3 rings (SSSR count). The fraction of sp³-hybridized carbons (Fsp3) is 0.625. The number of halogens is 1. The normalized spacial score (nSPS) is 22.9. The SMILES string of the molecule is NC(CN1CCN(CC2CC2)CC1)c1ccccc1F. The van der Waals surface area contributed by atoms with Gasteiger partial charge in [0.1, 0.15) is 5.82 Å². The van der Waals surface area contributed by atoms with Crippen LogP contribution in [0.2, 0.25) is 0 Å². The van der Waals surface area contributed by atoms with Crippen molar-refractivity contribution in [2.75, 3.05) is 39.3 Å². The number of hydrogen-bond donors (Lipinski definition) is 1. The van der Waals surface area contributed by atoms with Gasteiger partial charge in [-0.25, -0.2) is 4.39 Å².